The predicted octanol–water partition coefficient (Wildman–Crippen LogP) is 2.44. The minimum Gasteiger partial charge on any atom is -0.366 e. The molecule has 0 saturated heterocycles. The molecule has 1 heterocycles. The van der Waals surface area contributed by atoms with Crippen molar-refractivity contribution < 1.29 is 9.59 Å². The van der Waals surface area contributed by atoms with E-state index < -0.39 is 5.91 Å². The fraction of sp³-hybridized carbons (Fsp3) is 0.389. The monoisotopic (exact) mass is 328 g/mol. The van der Waals surface area contributed by atoms with Gasteiger partial charge < -0.3 is 11.1 Å². The van der Waals surface area contributed by atoms with Crippen molar-refractivity contribution in [2.75, 3.05) is 5.32 Å². The molecule has 0 bridgehead atoms. The average molecular weight is 328 g/mol. The molecule has 3 N–H and O–H groups in total. The van der Waals surface area contributed by atoms with Crippen LogP contribution in [0.3, 0.4) is 0 Å². The third kappa shape index (κ3) is 4.01. The molecule has 0 radical (unpaired) electrons. The van der Waals surface area contributed by atoms with Gasteiger partial charge in [0, 0.05) is 17.8 Å². The number of nitrogens with two attached hydrogens (primary N) is 1. The number of carbonyl (C=O) groups excluding carboxylic acids is 2. The largest absolute Gasteiger partial charge is 0.366 e. The van der Waals surface area contributed by atoms with Gasteiger partial charge in [-0.2, -0.15) is 5.10 Å². The Balaban J connectivity index is 2.16. The molecule has 0 aliphatic heterocycles. The number of benzene rings is 1. The minimum atomic E-state index is -0.567. The maximum Gasteiger partial charge on any atom is 0.250 e. The maximum absolute atomic E-state index is 12.4. The van der Waals surface area contributed by atoms with Crippen LogP contribution in [-0.2, 0) is 17.8 Å². The van der Waals surface area contributed by atoms with Gasteiger partial charge in [-0.3, -0.25) is 14.3 Å². The molecule has 1 aromatic heterocycles. The number of nitrogens with one attached hydrogen (secondary N) is 1. The summed E-state index contributed by atoms with van der Waals surface area (Å²) in [5.74, 6) is -0.283. The molecular formula is C18H24N4O2. The van der Waals surface area contributed by atoms with E-state index in [-0.39, 0.29) is 12.3 Å². The Morgan fingerprint density at radius 2 is 1.92 bits per heavy atom. The van der Waals surface area contributed by atoms with E-state index in [0.717, 1.165) is 23.5 Å². The van der Waals surface area contributed by atoms with Crippen LogP contribution < -0.4 is 11.1 Å². The van der Waals surface area contributed by atoms with E-state index in [1.165, 1.54) is 0 Å². The van der Waals surface area contributed by atoms with Crippen LogP contribution in [0.25, 0.3) is 0 Å². The third-order valence-electron chi connectivity index (χ3n) is 3.87. The molecular weight excluding hydrogens is 304 g/mol. The second-order valence-electron chi connectivity index (χ2n) is 6.36. The third-order valence-corrected chi connectivity index (χ3v) is 3.87. The average Bonchev–Trinajstić information content (AvgIpc) is 2.74. The predicted molar refractivity (Wildman–Crippen MR) is 93.8 cm³/mol. The molecule has 0 atom stereocenters. The van der Waals surface area contributed by atoms with Crippen LogP contribution in [-0.4, -0.2) is 21.6 Å². The first-order valence-electron chi connectivity index (χ1n) is 8.01. The van der Waals surface area contributed by atoms with Gasteiger partial charge >= 0.3 is 0 Å². The van der Waals surface area contributed by atoms with E-state index in [0.29, 0.717) is 17.2 Å². The molecule has 0 fully saturated rings. The molecule has 128 valence electrons. The lowest BCUT2D eigenvalue weighted by molar-refractivity contribution is -0.115. The molecule has 0 aliphatic carbocycles. The number of rotatable bonds is 6. The molecule has 2 rings (SSSR count). The Morgan fingerprint density at radius 3 is 2.54 bits per heavy atom. The van der Waals surface area contributed by atoms with Gasteiger partial charge in [-0.15, -0.1) is 0 Å². The molecule has 24 heavy (non-hydrogen) atoms. The SMILES string of the molecule is Cc1nn(CC(C)C)c(C)c1CC(=O)Nc1ccccc1C(N)=O. The van der Waals surface area contributed by atoms with Crippen molar-refractivity contribution in [3.63, 3.8) is 0 Å². The van der Waals surface area contributed by atoms with E-state index in [1.54, 1.807) is 24.3 Å². The first kappa shape index (κ1) is 17.7. The number of hydrogen-bond acceptors (Lipinski definition) is 3. The summed E-state index contributed by atoms with van der Waals surface area (Å²) in [6, 6.07) is 6.72. The summed E-state index contributed by atoms with van der Waals surface area (Å²) in [6.07, 6.45) is 0.211. The van der Waals surface area contributed by atoms with Crippen molar-refractivity contribution in [2.45, 2.75) is 40.7 Å². The van der Waals surface area contributed by atoms with Crippen LogP contribution >= 0.6 is 0 Å². The zero-order chi connectivity index (χ0) is 17.9. The van der Waals surface area contributed by atoms with E-state index in [9.17, 15) is 9.59 Å². The molecule has 2 amide bonds. The number of anilines is 1. The van der Waals surface area contributed by atoms with Crippen LogP contribution in [0.1, 0.15) is 41.2 Å². The lowest BCUT2D eigenvalue weighted by atomic mass is 10.1. The van der Waals surface area contributed by atoms with E-state index in [1.807, 2.05) is 18.5 Å². The number of nitrogens with zero attached hydrogens (tertiary/aromatic N) is 2. The van der Waals surface area contributed by atoms with Gasteiger partial charge in [0.05, 0.1) is 23.4 Å². The molecule has 2 aromatic rings. The summed E-state index contributed by atoms with van der Waals surface area (Å²) in [5, 5.41) is 7.29. The topological polar surface area (TPSA) is 90.0 Å². The van der Waals surface area contributed by atoms with Gasteiger partial charge in [-0.25, -0.2) is 0 Å². The van der Waals surface area contributed by atoms with Crippen molar-refractivity contribution in [1.29, 1.82) is 0 Å². The number of hydrogen-bond donors (Lipinski definition) is 2. The fourth-order valence-corrected chi connectivity index (χ4v) is 2.68. The zero-order valence-corrected chi connectivity index (χ0v) is 14.6. The molecule has 1 aromatic carbocycles. The van der Waals surface area contributed by atoms with Crippen molar-refractivity contribution in [3.05, 3.63) is 46.8 Å². The Hall–Kier alpha value is -2.63. The van der Waals surface area contributed by atoms with Gasteiger partial charge in [-0.1, -0.05) is 26.0 Å². The number of amides is 2. The number of carbonyl (C=O) groups is 2. The second kappa shape index (κ2) is 7.29. The van der Waals surface area contributed by atoms with E-state index in [2.05, 4.69) is 24.3 Å². The quantitative estimate of drug-likeness (QED) is 0.853. The van der Waals surface area contributed by atoms with Gasteiger partial charge in [0.2, 0.25) is 5.91 Å². The van der Waals surface area contributed by atoms with Crippen LogP contribution in [0, 0.1) is 19.8 Å². The maximum atomic E-state index is 12.4. The molecule has 0 spiro atoms. The number of aromatic nitrogens is 2. The first-order valence-corrected chi connectivity index (χ1v) is 8.01. The fourth-order valence-electron chi connectivity index (χ4n) is 2.68. The Morgan fingerprint density at radius 1 is 1.25 bits per heavy atom. The van der Waals surface area contributed by atoms with Crippen LogP contribution in [0.15, 0.2) is 24.3 Å². The lowest BCUT2D eigenvalue weighted by Crippen LogP contribution is -2.20. The molecule has 0 unspecified atom stereocenters. The highest BCUT2D eigenvalue weighted by molar-refractivity contribution is 6.03. The van der Waals surface area contributed by atoms with Crippen LogP contribution in [0.4, 0.5) is 5.69 Å². The van der Waals surface area contributed by atoms with Crippen molar-refractivity contribution in [3.8, 4) is 0 Å². The summed E-state index contributed by atoms with van der Waals surface area (Å²) < 4.78 is 1.94. The minimum absolute atomic E-state index is 0.195. The molecule has 0 saturated carbocycles. The number of aryl methyl sites for hydroxylation is 1. The van der Waals surface area contributed by atoms with Gasteiger partial charge in [0.15, 0.2) is 0 Å². The van der Waals surface area contributed by atoms with Crippen molar-refractivity contribution >= 4 is 17.5 Å². The van der Waals surface area contributed by atoms with Crippen LogP contribution in [0.2, 0.25) is 0 Å². The second-order valence-corrected chi connectivity index (χ2v) is 6.36. The summed E-state index contributed by atoms with van der Waals surface area (Å²) >= 11 is 0. The van der Waals surface area contributed by atoms with E-state index in [4.69, 9.17) is 5.73 Å². The van der Waals surface area contributed by atoms with Crippen LogP contribution in [0.5, 0.6) is 0 Å². The highest BCUT2D eigenvalue weighted by Gasteiger charge is 2.17. The standard InChI is InChI=1S/C18H24N4O2/c1-11(2)10-22-13(4)15(12(3)21-22)9-17(23)20-16-8-6-5-7-14(16)18(19)24/h5-8,11H,9-10H2,1-4H3,(H2,19,24)(H,20,23). The van der Waals surface area contributed by atoms with Crippen molar-refractivity contribution in [1.82, 2.24) is 9.78 Å². The Kier molecular flexibility index (Phi) is 5.39. The highest BCUT2D eigenvalue weighted by atomic mass is 16.2. The number of primary amides is 1. The van der Waals surface area contributed by atoms with Gasteiger partial charge in [-0.05, 0) is 31.9 Å². The first-order chi connectivity index (χ1) is 11.3. The van der Waals surface area contributed by atoms with Gasteiger partial charge in [0.25, 0.3) is 5.91 Å². The highest BCUT2D eigenvalue weighted by Crippen LogP contribution is 2.18. The van der Waals surface area contributed by atoms with E-state index >= 15 is 0 Å². The Bertz CT molecular complexity index is 762. The van der Waals surface area contributed by atoms with Crippen molar-refractivity contribution in [2.24, 2.45) is 11.7 Å². The zero-order valence-electron chi connectivity index (χ0n) is 14.6. The summed E-state index contributed by atoms with van der Waals surface area (Å²) in [7, 11) is 0. The summed E-state index contributed by atoms with van der Waals surface area (Å²) in [6.45, 7) is 8.96. The van der Waals surface area contributed by atoms with Gasteiger partial charge in [0.1, 0.15) is 0 Å². The normalized spacial score (nSPS) is 10.9. The Labute approximate surface area is 142 Å². The summed E-state index contributed by atoms with van der Waals surface area (Å²) in [5.41, 5.74) is 8.84. The molecule has 6 heteroatoms. The molecule has 0 aliphatic rings. The molecule has 6 nitrogen and oxygen atoms in total. The smallest absolute Gasteiger partial charge is 0.250 e. The number of para-hydroxylation sites is 1. The summed E-state index contributed by atoms with van der Waals surface area (Å²) in [4.78, 5) is 23.8. The lowest BCUT2D eigenvalue weighted by Gasteiger charge is -2.10.